The molecule has 1 aliphatic rings. The highest BCUT2D eigenvalue weighted by Gasteiger charge is 2.40. The van der Waals surface area contributed by atoms with Crippen molar-refractivity contribution in [3.8, 4) is 0 Å². The first-order valence-corrected chi connectivity index (χ1v) is 8.41. The molecule has 0 aliphatic carbocycles. The van der Waals surface area contributed by atoms with Crippen LogP contribution in [0.4, 0.5) is 5.69 Å². The lowest BCUT2D eigenvalue weighted by molar-refractivity contribution is -0.0228. The number of benzene rings is 1. The van der Waals surface area contributed by atoms with Gasteiger partial charge in [-0.1, -0.05) is 11.6 Å². The van der Waals surface area contributed by atoms with Gasteiger partial charge < -0.3 is 15.6 Å². The quantitative estimate of drug-likeness (QED) is 0.714. The van der Waals surface area contributed by atoms with Crippen LogP contribution in [-0.4, -0.2) is 38.4 Å². The Hall–Kier alpha value is -0.860. The Bertz CT molecular complexity index is 627. The SMILES string of the molecule is Cc1cc(S(=O)(=O)NCC2(O)CCOC2C)cc(N)c1Cl. The van der Waals surface area contributed by atoms with E-state index in [9.17, 15) is 13.5 Å². The molecule has 2 atom stereocenters. The molecule has 1 saturated heterocycles. The summed E-state index contributed by atoms with van der Waals surface area (Å²) < 4.78 is 32.3. The van der Waals surface area contributed by atoms with Gasteiger partial charge in [0.2, 0.25) is 10.0 Å². The van der Waals surface area contributed by atoms with Crippen molar-refractivity contribution in [2.75, 3.05) is 18.9 Å². The molecule has 1 heterocycles. The highest BCUT2D eigenvalue weighted by atomic mass is 35.5. The molecule has 1 aromatic rings. The van der Waals surface area contributed by atoms with Gasteiger partial charge >= 0.3 is 0 Å². The smallest absolute Gasteiger partial charge is 0.240 e. The van der Waals surface area contributed by atoms with Crippen LogP contribution in [0.25, 0.3) is 0 Å². The molecule has 2 unspecified atom stereocenters. The Labute approximate surface area is 129 Å². The van der Waals surface area contributed by atoms with Crippen molar-refractivity contribution in [1.29, 1.82) is 0 Å². The molecule has 21 heavy (non-hydrogen) atoms. The number of aliphatic hydroxyl groups is 1. The maximum absolute atomic E-state index is 12.3. The van der Waals surface area contributed by atoms with E-state index in [1.807, 2.05) is 0 Å². The number of nitrogen functional groups attached to an aromatic ring is 1. The number of nitrogens with two attached hydrogens (primary N) is 1. The molecule has 1 fully saturated rings. The number of hydrogen-bond acceptors (Lipinski definition) is 5. The maximum atomic E-state index is 12.3. The first kappa shape index (κ1) is 16.5. The summed E-state index contributed by atoms with van der Waals surface area (Å²) in [5.74, 6) is 0. The van der Waals surface area contributed by atoms with Gasteiger partial charge in [0, 0.05) is 19.6 Å². The Morgan fingerprint density at radius 3 is 2.76 bits per heavy atom. The number of rotatable bonds is 4. The Morgan fingerprint density at radius 2 is 2.24 bits per heavy atom. The molecule has 8 heteroatoms. The van der Waals surface area contributed by atoms with Crippen LogP contribution in [-0.2, 0) is 14.8 Å². The third-order valence-corrected chi connectivity index (χ3v) is 5.69. The number of hydrogen-bond donors (Lipinski definition) is 3. The van der Waals surface area contributed by atoms with Crippen molar-refractivity contribution < 1.29 is 18.3 Å². The number of halogens is 1. The Kier molecular flexibility index (Phi) is 4.51. The van der Waals surface area contributed by atoms with Crippen LogP contribution in [0, 0.1) is 6.92 Å². The zero-order valence-electron chi connectivity index (χ0n) is 11.9. The maximum Gasteiger partial charge on any atom is 0.240 e. The predicted molar refractivity (Wildman–Crippen MR) is 80.8 cm³/mol. The third kappa shape index (κ3) is 3.32. The molecule has 2 rings (SSSR count). The van der Waals surface area contributed by atoms with E-state index in [0.29, 0.717) is 23.6 Å². The first-order valence-electron chi connectivity index (χ1n) is 6.55. The van der Waals surface area contributed by atoms with Crippen LogP contribution in [0.2, 0.25) is 5.02 Å². The van der Waals surface area contributed by atoms with E-state index in [2.05, 4.69) is 4.72 Å². The van der Waals surface area contributed by atoms with Gasteiger partial charge in [-0.2, -0.15) is 0 Å². The van der Waals surface area contributed by atoms with Crippen molar-refractivity contribution in [3.63, 3.8) is 0 Å². The summed E-state index contributed by atoms with van der Waals surface area (Å²) in [7, 11) is -3.78. The number of nitrogens with one attached hydrogen (secondary N) is 1. The number of ether oxygens (including phenoxy) is 1. The van der Waals surface area contributed by atoms with E-state index < -0.39 is 21.7 Å². The zero-order valence-corrected chi connectivity index (χ0v) is 13.5. The minimum atomic E-state index is -3.78. The summed E-state index contributed by atoms with van der Waals surface area (Å²) in [6.07, 6.45) is -0.0319. The van der Waals surface area contributed by atoms with Crippen molar-refractivity contribution in [3.05, 3.63) is 22.7 Å². The molecule has 4 N–H and O–H groups in total. The van der Waals surface area contributed by atoms with Gasteiger partial charge in [-0.3, -0.25) is 0 Å². The average molecular weight is 335 g/mol. The minimum absolute atomic E-state index is 0.0251. The van der Waals surface area contributed by atoms with Crippen LogP contribution in [0.1, 0.15) is 18.9 Å². The van der Waals surface area contributed by atoms with E-state index >= 15 is 0 Å². The van der Waals surface area contributed by atoms with Crippen LogP contribution in [0.15, 0.2) is 17.0 Å². The molecule has 0 spiro atoms. The number of sulfonamides is 1. The van der Waals surface area contributed by atoms with E-state index in [1.54, 1.807) is 13.8 Å². The van der Waals surface area contributed by atoms with Gasteiger partial charge in [-0.25, -0.2) is 13.1 Å². The average Bonchev–Trinajstić information content (AvgIpc) is 2.74. The zero-order chi connectivity index (χ0) is 15.8. The van der Waals surface area contributed by atoms with Gasteiger partial charge in [0.25, 0.3) is 0 Å². The first-order chi connectivity index (χ1) is 9.66. The largest absolute Gasteiger partial charge is 0.397 e. The van der Waals surface area contributed by atoms with E-state index in [4.69, 9.17) is 22.1 Å². The molecule has 0 aromatic heterocycles. The highest BCUT2D eigenvalue weighted by Crippen LogP contribution is 2.28. The molecule has 118 valence electrons. The summed E-state index contributed by atoms with van der Waals surface area (Å²) in [4.78, 5) is 0.0251. The standard InChI is InChI=1S/C13H19ClN2O4S/c1-8-5-10(6-11(15)12(8)14)21(18,19)16-7-13(17)3-4-20-9(13)2/h5-6,9,16-17H,3-4,7,15H2,1-2H3. The fraction of sp³-hybridized carbons (Fsp3) is 0.538. The van der Waals surface area contributed by atoms with E-state index in [0.717, 1.165) is 0 Å². The summed E-state index contributed by atoms with van der Waals surface area (Å²) >= 11 is 5.92. The second kappa shape index (κ2) is 5.73. The van der Waals surface area contributed by atoms with Gasteiger partial charge in [0.05, 0.1) is 21.7 Å². The fourth-order valence-corrected chi connectivity index (χ4v) is 3.55. The highest BCUT2D eigenvalue weighted by molar-refractivity contribution is 7.89. The molecular weight excluding hydrogens is 316 g/mol. The molecule has 6 nitrogen and oxygen atoms in total. The molecule has 1 aliphatic heterocycles. The lowest BCUT2D eigenvalue weighted by Crippen LogP contribution is -2.47. The van der Waals surface area contributed by atoms with Gasteiger partial charge in [-0.05, 0) is 31.5 Å². The Balaban J connectivity index is 2.19. The Morgan fingerprint density at radius 1 is 1.57 bits per heavy atom. The van der Waals surface area contributed by atoms with E-state index in [1.165, 1.54) is 12.1 Å². The lowest BCUT2D eigenvalue weighted by atomic mass is 9.97. The monoisotopic (exact) mass is 334 g/mol. The lowest BCUT2D eigenvalue weighted by Gasteiger charge is -2.26. The number of anilines is 1. The third-order valence-electron chi connectivity index (χ3n) is 3.79. The summed E-state index contributed by atoms with van der Waals surface area (Å²) in [5.41, 5.74) is 5.28. The van der Waals surface area contributed by atoms with Crippen molar-refractivity contribution in [1.82, 2.24) is 4.72 Å². The summed E-state index contributed by atoms with van der Waals surface area (Å²) in [6, 6.07) is 2.75. The molecule has 0 bridgehead atoms. The van der Waals surface area contributed by atoms with Gasteiger partial charge in [0.1, 0.15) is 5.60 Å². The molecule has 0 amide bonds. The molecule has 0 saturated carbocycles. The second-order valence-electron chi connectivity index (χ2n) is 5.33. The second-order valence-corrected chi connectivity index (χ2v) is 7.48. The van der Waals surface area contributed by atoms with Crippen LogP contribution >= 0.6 is 11.6 Å². The topological polar surface area (TPSA) is 102 Å². The molecular formula is C13H19ClN2O4S. The van der Waals surface area contributed by atoms with Crippen LogP contribution in [0.5, 0.6) is 0 Å². The van der Waals surface area contributed by atoms with E-state index in [-0.39, 0.29) is 17.1 Å². The predicted octanol–water partition coefficient (Wildman–Crippen LogP) is 1.05. The van der Waals surface area contributed by atoms with Crippen LogP contribution in [0.3, 0.4) is 0 Å². The normalized spacial score (nSPS) is 26.2. The fourth-order valence-electron chi connectivity index (χ4n) is 2.22. The van der Waals surface area contributed by atoms with Crippen molar-refractivity contribution in [2.45, 2.75) is 36.9 Å². The molecule has 1 aromatic carbocycles. The minimum Gasteiger partial charge on any atom is -0.397 e. The van der Waals surface area contributed by atoms with Gasteiger partial charge in [-0.15, -0.1) is 0 Å². The van der Waals surface area contributed by atoms with Crippen LogP contribution < -0.4 is 10.5 Å². The summed E-state index contributed by atoms with van der Waals surface area (Å²) in [5, 5.41) is 10.7. The number of aryl methyl sites for hydroxylation is 1. The summed E-state index contributed by atoms with van der Waals surface area (Å²) in [6.45, 7) is 3.69. The van der Waals surface area contributed by atoms with Gasteiger partial charge in [0.15, 0.2) is 0 Å². The molecule has 0 radical (unpaired) electrons. The van der Waals surface area contributed by atoms with Crippen molar-refractivity contribution >= 4 is 27.3 Å². The van der Waals surface area contributed by atoms with Crippen molar-refractivity contribution in [2.24, 2.45) is 0 Å².